The van der Waals surface area contributed by atoms with Crippen molar-refractivity contribution in [3.05, 3.63) is 59.6 Å². The number of aryl methyl sites for hydroxylation is 2. The molecule has 204 valence electrons. The predicted molar refractivity (Wildman–Crippen MR) is 141 cm³/mol. The Morgan fingerprint density at radius 1 is 0.632 bits per heavy atom. The highest BCUT2D eigenvalue weighted by molar-refractivity contribution is 7.92. The molecule has 0 atom stereocenters. The second kappa shape index (κ2) is 10.1. The molecule has 6 nitrogen and oxygen atoms in total. The third-order valence-corrected chi connectivity index (χ3v) is 12.4. The fraction of sp³-hybridized carbons (Fsp3) is 0.429. The molecule has 2 aliphatic rings. The van der Waals surface area contributed by atoms with E-state index >= 15 is 0 Å². The molecule has 0 bridgehead atoms. The highest BCUT2D eigenvalue weighted by Crippen LogP contribution is 2.38. The highest BCUT2D eigenvalue weighted by atomic mass is 32.2. The molecule has 0 unspecified atom stereocenters. The fourth-order valence-corrected chi connectivity index (χ4v) is 10.2. The van der Waals surface area contributed by atoms with E-state index in [0.29, 0.717) is 59.1 Å². The van der Waals surface area contributed by atoms with Gasteiger partial charge in [0.25, 0.3) is 0 Å². The van der Waals surface area contributed by atoms with Crippen LogP contribution in [0.5, 0.6) is 0 Å². The maximum atomic E-state index is 13.4. The summed E-state index contributed by atoms with van der Waals surface area (Å²) in [5.74, 6) is -0.188. The zero-order valence-corrected chi connectivity index (χ0v) is 22.9. The lowest BCUT2D eigenvalue weighted by molar-refractivity contribution is 0.550. The van der Waals surface area contributed by atoms with E-state index in [2.05, 4.69) is 0 Å². The molecule has 10 heteroatoms. The van der Waals surface area contributed by atoms with Gasteiger partial charge in [-0.3, -0.25) is 0 Å². The molecule has 0 aliphatic heterocycles. The lowest BCUT2D eigenvalue weighted by atomic mass is 10.2. The van der Waals surface area contributed by atoms with Crippen molar-refractivity contribution in [2.45, 2.75) is 85.5 Å². The third-order valence-electron chi connectivity index (χ3n) is 7.59. The SMILES string of the molecule is Cc1oc2ccc(F)cc2c1S(=O)(=O)C1CCCC1.Cc1oc2ccc(F)cc2c1S(=O)(=O)C1CCCC1. The normalized spacial score (nSPS) is 17.4. The van der Waals surface area contributed by atoms with Crippen LogP contribution in [0.1, 0.15) is 62.9 Å². The first-order valence-electron chi connectivity index (χ1n) is 12.8. The summed E-state index contributed by atoms with van der Waals surface area (Å²) >= 11 is 0. The first-order chi connectivity index (χ1) is 18.0. The van der Waals surface area contributed by atoms with E-state index in [1.165, 1.54) is 36.4 Å². The first-order valence-corrected chi connectivity index (χ1v) is 15.9. The number of sulfone groups is 2. The zero-order chi connectivity index (χ0) is 27.2. The molecule has 0 radical (unpaired) electrons. The molecule has 0 saturated heterocycles. The summed E-state index contributed by atoms with van der Waals surface area (Å²) < 4.78 is 88.3. The van der Waals surface area contributed by atoms with Crippen molar-refractivity contribution in [3.8, 4) is 0 Å². The van der Waals surface area contributed by atoms with Crippen molar-refractivity contribution in [3.63, 3.8) is 0 Å². The van der Waals surface area contributed by atoms with E-state index in [0.717, 1.165) is 25.7 Å². The summed E-state index contributed by atoms with van der Waals surface area (Å²) in [7, 11) is -6.86. The quantitative estimate of drug-likeness (QED) is 0.260. The van der Waals surface area contributed by atoms with E-state index in [-0.39, 0.29) is 20.3 Å². The van der Waals surface area contributed by atoms with Crippen molar-refractivity contribution >= 4 is 41.6 Å². The minimum absolute atomic E-state index is 0.175. The molecule has 2 aromatic carbocycles. The predicted octanol–water partition coefficient (Wildman–Crippen LogP) is 7.19. The topological polar surface area (TPSA) is 94.6 Å². The summed E-state index contributed by atoms with van der Waals surface area (Å²) in [6.07, 6.45) is 6.49. The van der Waals surface area contributed by atoms with Gasteiger partial charge < -0.3 is 8.83 Å². The monoisotopic (exact) mass is 564 g/mol. The Morgan fingerprint density at radius 3 is 1.32 bits per heavy atom. The minimum Gasteiger partial charge on any atom is -0.460 e. The number of benzene rings is 2. The van der Waals surface area contributed by atoms with Gasteiger partial charge in [0, 0.05) is 10.8 Å². The van der Waals surface area contributed by atoms with Gasteiger partial charge in [0.1, 0.15) is 44.1 Å². The van der Waals surface area contributed by atoms with Crippen molar-refractivity contribution in [1.82, 2.24) is 0 Å². The van der Waals surface area contributed by atoms with Gasteiger partial charge >= 0.3 is 0 Å². The fourth-order valence-electron chi connectivity index (χ4n) is 5.78. The van der Waals surface area contributed by atoms with Gasteiger partial charge in [0.2, 0.25) is 0 Å². The molecular weight excluding hydrogens is 534 g/mol. The second-order valence-electron chi connectivity index (χ2n) is 10.2. The van der Waals surface area contributed by atoms with Crippen LogP contribution in [-0.4, -0.2) is 27.3 Å². The van der Waals surface area contributed by atoms with Gasteiger partial charge in [-0.15, -0.1) is 0 Å². The lowest BCUT2D eigenvalue weighted by Crippen LogP contribution is -2.18. The van der Waals surface area contributed by atoms with E-state index < -0.39 is 31.3 Å². The number of hydrogen-bond acceptors (Lipinski definition) is 6. The summed E-state index contributed by atoms with van der Waals surface area (Å²) in [5, 5.41) is 0.0272. The van der Waals surface area contributed by atoms with Crippen LogP contribution in [0.2, 0.25) is 0 Å². The van der Waals surface area contributed by atoms with Crippen molar-refractivity contribution in [1.29, 1.82) is 0 Å². The van der Waals surface area contributed by atoms with Crippen LogP contribution in [0, 0.1) is 25.5 Å². The Kier molecular flexibility index (Phi) is 7.15. The summed E-state index contributed by atoms with van der Waals surface area (Å²) in [4.78, 5) is 0.350. The first kappa shape index (κ1) is 26.9. The zero-order valence-electron chi connectivity index (χ0n) is 21.3. The minimum atomic E-state index is -3.43. The number of furan rings is 2. The second-order valence-corrected chi connectivity index (χ2v) is 14.5. The molecule has 0 N–H and O–H groups in total. The molecule has 2 heterocycles. The summed E-state index contributed by atoms with van der Waals surface area (Å²) in [6.45, 7) is 3.25. The van der Waals surface area contributed by atoms with Crippen LogP contribution >= 0.6 is 0 Å². The Labute approximate surface area is 220 Å². The van der Waals surface area contributed by atoms with Crippen LogP contribution in [-0.2, 0) is 19.7 Å². The maximum Gasteiger partial charge on any atom is 0.185 e. The number of hydrogen-bond donors (Lipinski definition) is 0. The van der Waals surface area contributed by atoms with Crippen LogP contribution < -0.4 is 0 Å². The summed E-state index contributed by atoms with van der Waals surface area (Å²) in [6, 6.07) is 7.99. The van der Waals surface area contributed by atoms with E-state index in [4.69, 9.17) is 8.83 Å². The van der Waals surface area contributed by atoms with Gasteiger partial charge in [-0.2, -0.15) is 0 Å². The standard InChI is InChI=1S/2C14H15FO3S/c2*1-9-14(19(16,17)11-4-2-3-5-11)12-8-10(15)6-7-13(12)18-9/h2*6-8,11H,2-5H2,1H3. The largest absolute Gasteiger partial charge is 0.460 e. The maximum absolute atomic E-state index is 13.4. The van der Waals surface area contributed by atoms with Crippen LogP contribution in [0.25, 0.3) is 21.9 Å². The van der Waals surface area contributed by atoms with Gasteiger partial charge in [-0.1, -0.05) is 25.7 Å². The van der Waals surface area contributed by atoms with Crippen molar-refractivity contribution in [2.75, 3.05) is 0 Å². The molecule has 0 amide bonds. The molecule has 0 spiro atoms. The third kappa shape index (κ3) is 4.77. The Bertz CT molecular complexity index is 1580. The Hall–Kier alpha value is -2.72. The Balaban J connectivity index is 0.000000155. The van der Waals surface area contributed by atoms with Crippen LogP contribution in [0.4, 0.5) is 8.78 Å². The van der Waals surface area contributed by atoms with Gasteiger partial charge in [0.05, 0.1) is 10.5 Å². The van der Waals surface area contributed by atoms with Gasteiger partial charge in [-0.05, 0) is 75.9 Å². The Morgan fingerprint density at radius 2 is 0.974 bits per heavy atom. The van der Waals surface area contributed by atoms with Crippen LogP contribution in [0.15, 0.2) is 55.0 Å². The van der Waals surface area contributed by atoms with Crippen molar-refractivity contribution in [2.24, 2.45) is 0 Å². The smallest absolute Gasteiger partial charge is 0.185 e. The molecule has 2 aliphatic carbocycles. The molecule has 2 saturated carbocycles. The van der Waals surface area contributed by atoms with Crippen LogP contribution in [0.3, 0.4) is 0 Å². The molecule has 4 aromatic rings. The van der Waals surface area contributed by atoms with Gasteiger partial charge in [0.15, 0.2) is 19.7 Å². The van der Waals surface area contributed by atoms with E-state index in [1.807, 2.05) is 0 Å². The molecule has 2 fully saturated rings. The van der Waals surface area contributed by atoms with E-state index in [1.54, 1.807) is 13.8 Å². The summed E-state index contributed by atoms with van der Waals surface area (Å²) in [5.41, 5.74) is 0.853. The average Bonchev–Trinajstić information content (AvgIpc) is 3.64. The lowest BCUT2D eigenvalue weighted by Gasteiger charge is -2.10. The molecule has 38 heavy (non-hydrogen) atoms. The number of fused-ring (bicyclic) bond motifs is 2. The van der Waals surface area contributed by atoms with Gasteiger partial charge in [-0.25, -0.2) is 25.6 Å². The van der Waals surface area contributed by atoms with Crippen molar-refractivity contribution < 1.29 is 34.5 Å². The molecule has 6 rings (SSSR count). The highest BCUT2D eigenvalue weighted by Gasteiger charge is 2.35. The molecule has 2 aromatic heterocycles. The average molecular weight is 565 g/mol. The molecular formula is C28H30F2O6S2. The number of halogens is 2. The number of rotatable bonds is 4. The van der Waals surface area contributed by atoms with E-state index in [9.17, 15) is 25.6 Å².